The molecule has 0 radical (unpaired) electrons. The van der Waals surface area contributed by atoms with Gasteiger partial charge in [0.05, 0.1) is 0 Å². The summed E-state index contributed by atoms with van der Waals surface area (Å²) < 4.78 is 0. The highest BCUT2D eigenvalue weighted by Crippen LogP contribution is 2.15. The molecular weight excluding hydrogens is 360 g/mol. The number of carbonyl (C=O) groups excluding carboxylic acids is 2. The lowest BCUT2D eigenvalue weighted by Gasteiger charge is -2.11. The van der Waals surface area contributed by atoms with Crippen molar-refractivity contribution in [1.82, 2.24) is 0 Å². The lowest BCUT2D eigenvalue weighted by Crippen LogP contribution is -2.19. The van der Waals surface area contributed by atoms with Crippen molar-refractivity contribution in [2.24, 2.45) is 11.5 Å². The molecule has 0 saturated carbocycles. The molecule has 4 N–H and O–H groups in total. The topological polar surface area (TPSA) is 86.2 Å². The number of hydrogen-bond donors (Lipinski definition) is 2. The van der Waals surface area contributed by atoms with Crippen LogP contribution >= 0.6 is 0 Å². The Bertz CT molecular complexity index is 361. The second-order valence-corrected chi connectivity index (χ2v) is 8.82. The van der Waals surface area contributed by atoms with Gasteiger partial charge in [-0.05, 0) is 32.2 Å². The average molecular weight is 411 g/mol. The Morgan fingerprint density at radius 2 is 0.931 bits per heavy atom. The molecule has 0 spiro atoms. The van der Waals surface area contributed by atoms with Gasteiger partial charge >= 0.3 is 0 Å². The summed E-state index contributed by atoms with van der Waals surface area (Å²) in [4.78, 5) is 21.1. The van der Waals surface area contributed by atoms with E-state index >= 15 is 0 Å². The monoisotopic (exact) mass is 410 g/mol. The molecule has 0 aliphatic rings. The Labute approximate surface area is 181 Å². The molecule has 172 valence electrons. The fraction of sp³-hybridized carbons (Fsp3) is 0.920. The van der Waals surface area contributed by atoms with Crippen molar-refractivity contribution < 1.29 is 9.59 Å². The third kappa shape index (κ3) is 23.4. The van der Waals surface area contributed by atoms with Gasteiger partial charge in [-0.2, -0.15) is 0 Å². The quantitative estimate of drug-likeness (QED) is 0.112. The fourth-order valence-corrected chi connectivity index (χ4v) is 3.93. The Morgan fingerprint density at radius 3 is 1.31 bits per heavy atom. The Hall–Kier alpha value is -0.740. The van der Waals surface area contributed by atoms with E-state index < -0.39 is 0 Å². The highest BCUT2D eigenvalue weighted by molar-refractivity contribution is 6.24. The first kappa shape index (κ1) is 28.3. The van der Waals surface area contributed by atoms with Gasteiger partial charge < -0.3 is 11.5 Å². The summed E-state index contributed by atoms with van der Waals surface area (Å²) in [6.07, 6.45) is 26.3. The van der Waals surface area contributed by atoms with Crippen LogP contribution in [-0.4, -0.2) is 24.7 Å². The molecule has 0 aliphatic heterocycles. The summed E-state index contributed by atoms with van der Waals surface area (Å²) in [5, 5.41) is 0. The molecule has 29 heavy (non-hydrogen) atoms. The van der Waals surface area contributed by atoms with Crippen molar-refractivity contribution in [3.8, 4) is 0 Å². The van der Waals surface area contributed by atoms with Crippen LogP contribution < -0.4 is 11.5 Å². The number of nitrogens with two attached hydrogens (primary N) is 2. The maximum absolute atomic E-state index is 10.9. The lowest BCUT2D eigenvalue weighted by molar-refractivity contribution is -0.129. The largest absolute Gasteiger partial charge is 0.330 e. The first-order valence-electron chi connectivity index (χ1n) is 12.6. The van der Waals surface area contributed by atoms with Crippen LogP contribution in [0.25, 0.3) is 0 Å². The van der Waals surface area contributed by atoms with Crippen LogP contribution in [0, 0.1) is 0 Å². The van der Waals surface area contributed by atoms with Gasteiger partial charge in [0.15, 0.2) is 12.1 Å². The summed E-state index contributed by atoms with van der Waals surface area (Å²) in [5.41, 5.74) is 11.7. The number of unbranched alkanes of at least 4 members (excludes halogenated alkanes) is 16. The number of ketones is 1. The summed E-state index contributed by atoms with van der Waals surface area (Å²) in [6, 6.07) is 0.402. The molecule has 0 amide bonds. The molecule has 0 aliphatic carbocycles. The van der Waals surface area contributed by atoms with E-state index in [0.29, 0.717) is 18.7 Å². The Kier molecular flexibility index (Phi) is 22.9. The van der Waals surface area contributed by atoms with E-state index in [2.05, 4.69) is 0 Å². The van der Waals surface area contributed by atoms with E-state index in [1.54, 1.807) is 0 Å². The minimum Gasteiger partial charge on any atom is -0.330 e. The van der Waals surface area contributed by atoms with Crippen molar-refractivity contribution in [3.05, 3.63) is 0 Å². The van der Waals surface area contributed by atoms with Gasteiger partial charge in [0, 0.05) is 12.5 Å². The predicted molar refractivity (Wildman–Crippen MR) is 125 cm³/mol. The second kappa shape index (κ2) is 23.5. The van der Waals surface area contributed by atoms with Crippen LogP contribution in [0.15, 0.2) is 0 Å². The van der Waals surface area contributed by atoms with E-state index in [0.717, 1.165) is 25.8 Å². The molecule has 0 fully saturated rings. The van der Waals surface area contributed by atoms with Gasteiger partial charge in [0.1, 0.15) is 0 Å². The van der Waals surface area contributed by atoms with Crippen molar-refractivity contribution in [1.29, 1.82) is 0 Å². The highest BCUT2D eigenvalue weighted by atomic mass is 16.2. The summed E-state index contributed by atoms with van der Waals surface area (Å²) in [5.74, 6) is -0.251. The highest BCUT2D eigenvalue weighted by Gasteiger charge is 2.02. The maximum Gasteiger partial charge on any atom is 0.195 e. The van der Waals surface area contributed by atoms with Crippen molar-refractivity contribution in [2.75, 3.05) is 6.54 Å². The van der Waals surface area contributed by atoms with Gasteiger partial charge in [-0.1, -0.05) is 103 Å². The smallest absolute Gasteiger partial charge is 0.195 e. The Balaban J connectivity index is 3.11. The summed E-state index contributed by atoms with van der Waals surface area (Å²) in [7, 11) is 0. The first-order valence-corrected chi connectivity index (χ1v) is 12.6. The molecule has 0 bridgehead atoms. The summed E-state index contributed by atoms with van der Waals surface area (Å²) >= 11 is 0. The molecule has 4 nitrogen and oxygen atoms in total. The molecule has 0 aromatic heterocycles. The number of hydrogen-bond acceptors (Lipinski definition) is 4. The summed E-state index contributed by atoms with van der Waals surface area (Å²) in [6.45, 7) is 0.811. The molecule has 1 unspecified atom stereocenters. The maximum atomic E-state index is 10.9. The third-order valence-corrected chi connectivity index (χ3v) is 5.91. The van der Waals surface area contributed by atoms with Gasteiger partial charge in [-0.15, -0.1) is 0 Å². The Morgan fingerprint density at radius 1 is 0.586 bits per heavy atom. The van der Waals surface area contributed by atoms with Crippen LogP contribution in [0.2, 0.25) is 0 Å². The number of aldehydes is 1. The van der Waals surface area contributed by atoms with E-state index in [1.807, 2.05) is 0 Å². The van der Waals surface area contributed by atoms with Gasteiger partial charge in [0.25, 0.3) is 0 Å². The number of rotatable bonds is 24. The van der Waals surface area contributed by atoms with Gasteiger partial charge in [0.2, 0.25) is 0 Å². The zero-order chi connectivity index (χ0) is 21.4. The van der Waals surface area contributed by atoms with Crippen LogP contribution in [0.4, 0.5) is 0 Å². The molecule has 0 rings (SSSR count). The van der Waals surface area contributed by atoms with Crippen LogP contribution in [0.5, 0.6) is 0 Å². The first-order chi connectivity index (χ1) is 14.2. The van der Waals surface area contributed by atoms with Gasteiger partial charge in [-0.25, -0.2) is 0 Å². The number of carbonyl (C=O) groups is 2. The van der Waals surface area contributed by atoms with E-state index in [4.69, 9.17) is 11.5 Å². The van der Waals surface area contributed by atoms with Crippen LogP contribution in [-0.2, 0) is 9.59 Å². The third-order valence-electron chi connectivity index (χ3n) is 5.91. The molecule has 0 aromatic carbocycles. The SMILES string of the molecule is NCCCCCC(N)CCCCCCCCCCCCCCCCCC(=O)C=O. The van der Waals surface area contributed by atoms with Crippen LogP contribution in [0.1, 0.15) is 135 Å². The molecule has 0 heterocycles. The molecular formula is C25H50N2O2. The molecule has 0 aromatic rings. The average Bonchev–Trinajstić information content (AvgIpc) is 2.73. The fourth-order valence-electron chi connectivity index (χ4n) is 3.93. The zero-order valence-corrected chi connectivity index (χ0v) is 19.2. The molecule has 4 heteroatoms. The minimum absolute atomic E-state index is 0.251. The van der Waals surface area contributed by atoms with E-state index in [-0.39, 0.29) is 5.78 Å². The van der Waals surface area contributed by atoms with Crippen molar-refractivity contribution in [2.45, 2.75) is 141 Å². The van der Waals surface area contributed by atoms with E-state index in [1.165, 1.54) is 109 Å². The normalized spacial score (nSPS) is 12.2. The lowest BCUT2D eigenvalue weighted by atomic mass is 10.0. The number of Topliss-reactive ketones (excluding diaryl/α,β-unsaturated/α-hetero) is 1. The van der Waals surface area contributed by atoms with Crippen molar-refractivity contribution in [3.63, 3.8) is 0 Å². The molecule has 1 atom stereocenters. The molecule has 0 saturated heterocycles. The predicted octanol–water partition coefficient (Wildman–Crippen LogP) is 6.23. The minimum atomic E-state index is -0.251. The van der Waals surface area contributed by atoms with E-state index in [9.17, 15) is 9.59 Å². The van der Waals surface area contributed by atoms with Gasteiger partial charge in [-0.3, -0.25) is 9.59 Å². The second-order valence-electron chi connectivity index (χ2n) is 8.82. The van der Waals surface area contributed by atoms with Crippen LogP contribution in [0.3, 0.4) is 0 Å². The van der Waals surface area contributed by atoms with Crippen molar-refractivity contribution >= 4 is 12.1 Å². The zero-order valence-electron chi connectivity index (χ0n) is 19.2. The standard InChI is InChI=1S/C25H50N2O2/c26-22-18-14-16-20-24(27)19-15-12-10-8-6-4-2-1-3-5-7-9-11-13-17-21-25(29)23-28/h23-24H,1-22,26-27H2.